The topological polar surface area (TPSA) is 83.7 Å². The number of benzene rings is 1. The summed E-state index contributed by atoms with van der Waals surface area (Å²) in [6, 6.07) is 7.45. The Hall–Kier alpha value is -2.25. The second-order valence-corrected chi connectivity index (χ2v) is 6.67. The zero-order chi connectivity index (χ0) is 15.9. The van der Waals surface area contributed by atoms with E-state index in [1.807, 2.05) is 24.3 Å². The molecule has 0 fully saturated rings. The lowest BCUT2D eigenvalue weighted by molar-refractivity contribution is 0.0867. The van der Waals surface area contributed by atoms with Crippen LogP contribution in [0.5, 0.6) is 0 Å². The van der Waals surface area contributed by atoms with Crippen molar-refractivity contribution < 1.29 is 9.90 Å². The highest BCUT2D eigenvalue weighted by atomic mass is 32.1. The molecule has 0 bridgehead atoms. The molecule has 0 radical (unpaired) electrons. The number of aromatic nitrogens is 2. The molecule has 0 spiro atoms. The van der Waals surface area contributed by atoms with Crippen LogP contribution in [0.4, 0.5) is 0 Å². The number of aliphatic hydroxyl groups excluding tert-OH is 1. The second kappa shape index (κ2) is 5.19. The Bertz CT molecular complexity index is 927. The smallest absolute Gasteiger partial charge is 0.271 e. The van der Waals surface area contributed by atoms with Crippen LogP contribution in [0.25, 0.3) is 15.2 Å². The van der Waals surface area contributed by atoms with Gasteiger partial charge in [0.25, 0.3) is 11.5 Å². The van der Waals surface area contributed by atoms with Gasteiger partial charge in [0.2, 0.25) is 0 Å². The van der Waals surface area contributed by atoms with Gasteiger partial charge in [-0.05, 0) is 26.0 Å². The van der Waals surface area contributed by atoms with Crippen molar-refractivity contribution in [3.63, 3.8) is 0 Å². The van der Waals surface area contributed by atoms with Gasteiger partial charge in [0, 0.05) is 6.20 Å². The second-order valence-electron chi connectivity index (χ2n) is 5.66. The molecule has 3 aromatic rings. The van der Waals surface area contributed by atoms with Gasteiger partial charge in [0.05, 0.1) is 22.4 Å². The molecule has 2 heterocycles. The Balaban J connectivity index is 2.16. The first kappa shape index (κ1) is 14.7. The van der Waals surface area contributed by atoms with Crippen LogP contribution in [0.1, 0.15) is 24.2 Å². The molecule has 114 valence electrons. The minimum Gasteiger partial charge on any atom is -0.394 e. The number of para-hydroxylation sites is 1. The molecular formula is C15H15N3O3S. The molecule has 2 aromatic heterocycles. The quantitative estimate of drug-likeness (QED) is 0.765. The standard InChI is InChI=1S/C15H15N3O3S/c1-15(2,8-19)17-12(20)9-7-16-14-18(13(9)21)10-5-3-4-6-11(10)22-14/h3-7,19H,8H2,1-2H3,(H,17,20). The summed E-state index contributed by atoms with van der Waals surface area (Å²) in [5.74, 6) is -0.541. The highest BCUT2D eigenvalue weighted by Gasteiger charge is 2.23. The Morgan fingerprint density at radius 1 is 1.41 bits per heavy atom. The molecule has 0 aliphatic carbocycles. The van der Waals surface area contributed by atoms with E-state index in [0.717, 1.165) is 10.2 Å². The van der Waals surface area contributed by atoms with Crippen molar-refractivity contribution in [2.75, 3.05) is 6.61 Å². The summed E-state index contributed by atoms with van der Waals surface area (Å²) in [5.41, 5.74) is -0.521. The molecule has 2 N–H and O–H groups in total. The average Bonchev–Trinajstić information content (AvgIpc) is 2.86. The number of carbonyl (C=O) groups is 1. The van der Waals surface area contributed by atoms with E-state index < -0.39 is 17.0 Å². The van der Waals surface area contributed by atoms with Crippen molar-refractivity contribution >= 4 is 32.4 Å². The number of nitrogens with one attached hydrogen (secondary N) is 1. The number of rotatable bonds is 3. The molecule has 0 unspecified atom stereocenters. The first-order valence-electron chi connectivity index (χ1n) is 6.75. The molecule has 0 saturated carbocycles. The normalized spacial score (nSPS) is 12.0. The number of nitrogens with zero attached hydrogens (tertiary/aromatic N) is 2. The first-order valence-corrected chi connectivity index (χ1v) is 7.57. The predicted molar refractivity (Wildman–Crippen MR) is 85.5 cm³/mol. The number of fused-ring (bicyclic) bond motifs is 3. The van der Waals surface area contributed by atoms with E-state index in [0.29, 0.717) is 4.96 Å². The van der Waals surface area contributed by atoms with Gasteiger partial charge < -0.3 is 10.4 Å². The monoisotopic (exact) mass is 317 g/mol. The Kier molecular flexibility index (Phi) is 3.46. The zero-order valence-electron chi connectivity index (χ0n) is 12.2. The maximum Gasteiger partial charge on any atom is 0.271 e. The largest absolute Gasteiger partial charge is 0.394 e. The van der Waals surface area contributed by atoms with Crippen molar-refractivity contribution in [1.29, 1.82) is 0 Å². The van der Waals surface area contributed by atoms with Crippen molar-refractivity contribution in [2.45, 2.75) is 19.4 Å². The van der Waals surface area contributed by atoms with E-state index in [4.69, 9.17) is 0 Å². The Morgan fingerprint density at radius 3 is 2.86 bits per heavy atom. The molecule has 6 nitrogen and oxygen atoms in total. The van der Waals surface area contributed by atoms with Crippen molar-refractivity contribution in [2.24, 2.45) is 0 Å². The van der Waals surface area contributed by atoms with Crippen LogP contribution in [0.2, 0.25) is 0 Å². The van der Waals surface area contributed by atoms with Gasteiger partial charge in [-0.1, -0.05) is 23.5 Å². The third kappa shape index (κ3) is 2.38. The third-order valence-electron chi connectivity index (χ3n) is 3.33. The summed E-state index contributed by atoms with van der Waals surface area (Å²) in [6.07, 6.45) is 1.29. The maximum absolute atomic E-state index is 12.6. The van der Waals surface area contributed by atoms with Gasteiger partial charge in [-0.3, -0.25) is 14.0 Å². The molecule has 3 rings (SSSR count). The van der Waals surface area contributed by atoms with Gasteiger partial charge in [0.15, 0.2) is 4.96 Å². The van der Waals surface area contributed by atoms with Crippen LogP contribution >= 0.6 is 11.3 Å². The van der Waals surface area contributed by atoms with E-state index >= 15 is 0 Å². The summed E-state index contributed by atoms with van der Waals surface area (Å²) in [5, 5.41) is 11.9. The molecule has 0 aliphatic heterocycles. The summed E-state index contributed by atoms with van der Waals surface area (Å²) >= 11 is 1.39. The van der Waals surface area contributed by atoms with E-state index in [1.54, 1.807) is 13.8 Å². The summed E-state index contributed by atoms with van der Waals surface area (Å²) < 4.78 is 2.38. The number of thiazole rings is 1. The lowest BCUT2D eigenvalue weighted by Crippen LogP contribution is -2.47. The predicted octanol–water partition coefficient (Wildman–Crippen LogP) is 1.41. The van der Waals surface area contributed by atoms with Crippen LogP contribution < -0.4 is 10.9 Å². The molecule has 1 amide bonds. The third-order valence-corrected chi connectivity index (χ3v) is 4.36. The fourth-order valence-electron chi connectivity index (χ4n) is 2.12. The van der Waals surface area contributed by atoms with Crippen LogP contribution in [-0.4, -0.2) is 32.5 Å². The minimum absolute atomic E-state index is 0.0393. The zero-order valence-corrected chi connectivity index (χ0v) is 13.0. The highest BCUT2D eigenvalue weighted by Crippen LogP contribution is 2.23. The molecule has 1 aromatic carbocycles. The summed E-state index contributed by atoms with van der Waals surface area (Å²) in [7, 11) is 0. The van der Waals surface area contributed by atoms with Gasteiger partial charge in [-0.2, -0.15) is 0 Å². The van der Waals surface area contributed by atoms with Crippen LogP contribution in [0.15, 0.2) is 35.3 Å². The summed E-state index contributed by atoms with van der Waals surface area (Å²) in [4.78, 5) is 29.7. The molecular weight excluding hydrogens is 302 g/mol. The molecule has 22 heavy (non-hydrogen) atoms. The number of hydrogen-bond donors (Lipinski definition) is 2. The molecule has 0 aliphatic rings. The molecule has 0 saturated heterocycles. The van der Waals surface area contributed by atoms with Gasteiger partial charge in [-0.25, -0.2) is 4.98 Å². The molecule has 0 atom stereocenters. The minimum atomic E-state index is -0.806. The van der Waals surface area contributed by atoms with E-state index in [1.165, 1.54) is 21.9 Å². The van der Waals surface area contributed by atoms with E-state index in [2.05, 4.69) is 10.3 Å². The van der Waals surface area contributed by atoms with E-state index in [9.17, 15) is 14.7 Å². The van der Waals surface area contributed by atoms with Crippen LogP contribution in [0, 0.1) is 0 Å². The number of hydrogen-bond acceptors (Lipinski definition) is 5. The van der Waals surface area contributed by atoms with Gasteiger partial charge in [-0.15, -0.1) is 0 Å². The van der Waals surface area contributed by atoms with E-state index in [-0.39, 0.29) is 12.2 Å². The average molecular weight is 317 g/mol. The van der Waals surface area contributed by atoms with Crippen LogP contribution in [-0.2, 0) is 0 Å². The van der Waals surface area contributed by atoms with Crippen molar-refractivity contribution in [3.05, 3.63) is 46.4 Å². The molecule has 7 heteroatoms. The first-order chi connectivity index (χ1) is 10.4. The van der Waals surface area contributed by atoms with Crippen molar-refractivity contribution in [3.8, 4) is 0 Å². The lowest BCUT2D eigenvalue weighted by atomic mass is 10.1. The summed E-state index contributed by atoms with van der Waals surface area (Å²) in [6.45, 7) is 3.13. The van der Waals surface area contributed by atoms with Crippen LogP contribution in [0.3, 0.4) is 0 Å². The number of carbonyl (C=O) groups excluding carboxylic acids is 1. The fraction of sp³-hybridized carbons (Fsp3) is 0.267. The van der Waals surface area contributed by atoms with Gasteiger partial charge in [0.1, 0.15) is 5.56 Å². The van der Waals surface area contributed by atoms with Crippen molar-refractivity contribution in [1.82, 2.24) is 14.7 Å². The lowest BCUT2D eigenvalue weighted by Gasteiger charge is -2.23. The number of amides is 1. The van der Waals surface area contributed by atoms with Gasteiger partial charge >= 0.3 is 0 Å². The Morgan fingerprint density at radius 2 is 2.14 bits per heavy atom. The Labute approximate surface area is 130 Å². The number of aliphatic hydroxyl groups is 1. The SMILES string of the molecule is CC(C)(CO)NC(=O)c1cnc2sc3ccccc3n2c1=O. The maximum atomic E-state index is 12.6. The highest BCUT2D eigenvalue weighted by molar-refractivity contribution is 7.23. The fourth-order valence-corrected chi connectivity index (χ4v) is 3.11.